The summed E-state index contributed by atoms with van der Waals surface area (Å²) in [5.41, 5.74) is 2.00. The fourth-order valence-electron chi connectivity index (χ4n) is 3.06. The second-order valence-corrected chi connectivity index (χ2v) is 4.70. The molecule has 1 heterocycles. The first-order valence-electron chi connectivity index (χ1n) is 6.00. The number of halogens is 1. The molecule has 3 rings (SSSR count). The molecule has 1 aliphatic heterocycles. The maximum atomic E-state index is 13.7. The number of benzene rings is 1. The summed E-state index contributed by atoms with van der Waals surface area (Å²) < 4.78 is 13.7. The van der Waals surface area contributed by atoms with E-state index < -0.39 is 0 Å². The van der Waals surface area contributed by atoms with Crippen LogP contribution in [0.5, 0.6) is 0 Å². The highest BCUT2D eigenvalue weighted by atomic mass is 19.1. The third kappa shape index (κ3) is 1.40. The van der Waals surface area contributed by atoms with Crippen molar-refractivity contribution in [3.63, 3.8) is 0 Å². The van der Waals surface area contributed by atoms with Crippen molar-refractivity contribution in [2.75, 3.05) is 13.1 Å². The predicted molar refractivity (Wildman–Crippen MR) is 63.5 cm³/mol. The highest BCUT2D eigenvalue weighted by Gasteiger charge is 2.39. The van der Waals surface area contributed by atoms with Crippen LogP contribution in [0.3, 0.4) is 0 Å². The Morgan fingerprint density at radius 3 is 2.88 bits per heavy atom. The minimum Gasteiger partial charge on any atom is -0.296 e. The summed E-state index contributed by atoms with van der Waals surface area (Å²) in [5.74, 6) is 0.553. The Kier molecular flexibility index (Phi) is 2.32. The predicted octanol–water partition coefficient (Wildman–Crippen LogP) is 2.93. The Bertz CT molecular complexity index is 438. The Hall–Kier alpha value is -1.15. The first-order valence-corrected chi connectivity index (χ1v) is 6.00. The highest BCUT2D eigenvalue weighted by Crippen LogP contribution is 2.41. The minimum atomic E-state index is -0.0858. The fourth-order valence-corrected chi connectivity index (χ4v) is 3.06. The average molecular weight is 217 g/mol. The molecule has 1 aromatic carbocycles. The van der Waals surface area contributed by atoms with Crippen LogP contribution < -0.4 is 0 Å². The molecule has 0 saturated carbocycles. The van der Waals surface area contributed by atoms with Gasteiger partial charge in [0.25, 0.3) is 0 Å². The van der Waals surface area contributed by atoms with E-state index in [0.29, 0.717) is 12.0 Å². The van der Waals surface area contributed by atoms with Crippen molar-refractivity contribution in [2.24, 2.45) is 5.92 Å². The molecule has 84 valence electrons. The third-order valence-electron chi connectivity index (χ3n) is 3.80. The monoisotopic (exact) mass is 217 g/mol. The maximum Gasteiger partial charge on any atom is 0.130 e. The van der Waals surface area contributed by atoms with Crippen molar-refractivity contribution in [1.82, 2.24) is 4.90 Å². The molecule has 1 aromatic rings. The molecule has 1 nitrogen and oxygen atoms in total. The molecule has 16 heavy (non-hydrogen) atoms. The Morgan fingerprint density at radius 2 is 2.19 bits per heavy atom. The van der Waals surface area contributed by atoms with E-state index in [1.165, 1.54) is 12.0 Å². The zero-order valence-corrected chi connectivity index (χ0v) is 9.49. The van der Waals surface area contributed by atoms with Crippen LogP contribution in [0.4, 0.5) is 4.39 Å². The second-order valence-electron chi connectivity index (χ2n) is 4.70. The molecule has 0 radical (unpaired) electrons. The van der Waals surface area contributed by atoms with Crippen LogP contribution in [0.1, 0.15) is 18.9 Å². The second kappa shape index (κ2) is 3.70. The summed E-state index contributed by atoms with van der Waals surface area (Å²) in [6, 6.07) is 7.58. The fraction of sp³-hybridized carbons (Fsp3) is 0.429. The molecular formula is C14H16FN. The molecule has 1 saturated heterocycles. The van der Waals surface area contributed by atoms with Crippen LogP contribution in [0.25, 0.3) is 5.57 Å². The molecule has 1 fully saturated rings. The van der Waals surface area contributed by atoms with Gasteiger partial charge in [-0.25, -0.2) is 4.39 Å². The van der Waals surface area contributed by atoms with Gasteiger partial charge in [0, 0.05) is 18.2 Å². The first-order chi connectivity index (χ1) is 7.79. The molecule has 0 aromatic heterocycles. The molecule has 2 unspecified atom stereocenters. The number of rotatable bonds is 2. The molecule has 1 aliphatic carbocycles. The number of fused-ring (bicyclic) bond motifs is 2. The topological polar surface area (TPSA) is 3.24 Å². The van der Waals surface area contributed by atoms with E-state index in [-0.39, 0.29) is 5.82 Å². The Morgan fingerprint density at radius 1 is 1.38 bits per heavy atom. The van der Waals surface area contributed by atoms with Crippen LogP contribution in [0.15, 0.2) is 30.3 Å². The SMILES string of the molecule is CCN1CC2C=C(c3ccccc3F)C1C2. The van der Waals surface area contributed by atoms with Crippen molar-refractivity contribution < 1.29 is 4.39 Å². The summed E-state index contributed by atoms with van der Waals surface area (Å²) in [5, 5.41) is 0. The number of likely N-dealkylation sites (tertiary alicyclic amines) is 1. The lowest BCUT2D eigenvalue weighted by atomic mass is 9.99. The summed E-state index contributed by atoms with van der Waals surface area (Å²) in [7, 11) is 0. The number of likely N-dealkylation sites (N-methyl/N-ethyl adjacent to an activating group) is 1. The van der Waals surface area contributed by atoms with E-state index in [1.54, 1.807) is 12.1 Å². The van der Waals surface area contributed by atoms with Gasteiger partial charge >= 0.3 is 0 Å². The molecule has 2 atom stereocenters. The van der Waals surface area contributed by atoms with E-state index >= 15 is 0 Å². The lowest BCUT2D eigenvalue weighted by Crippen LogP contribution is -2.32. The van der Waals surface area contributed by atoms with E-state index in [9.17, 15) is 4.39 Å². The van der Waals surface area contributed by atoms with E-state index in [4.69, 9.17) is 0 Å². The maximum absolute atomic E-state index is 13.7. The van der Waals surface area contributed by atoms with Crippen LogP contribution in [-0.4, -0.2) is 24.0 Å². The minimum absolute atomic E-state index is 0.0858. The molecule has 0 amide bonds. The molecule has 0 spiro atoms. The van der Waals surface area contributed by atoms with Gasteiger partial charge in [0.2, 0.25) is 0 Å². The van der Waals surface area contributed by atoms with Crippen molar-refractivity contribution in [2.45, 2.75) is 19.4 Å². The van der Waals surface area contributed by atoms with E-state index in [0.717, 1.165) is 18.7 Å². The van der Waals surface area contributed by atoms with Gasteiger partial charge < -0.3 is 0 Å². The van der Waals surface area contributed by atoms with Crippen LogP contribution in [0.2, 0.25) is 0 Å². The standard InChI is InChI=1S/C14H16FN/c1-2-16-9-10-7-12(14(16)8-10)11-5-3-4-6-13(11)15/h3-7,10,14H,2,8-9H2,1H3. The Balaban J connectivity index is 1.98. The molecule has 2 heteroatoms. The largest absolute Gasteiger partial charge is 0.296 e. The lowest BCUT2D eigenvalue weighted by molar-refractivity contribution is 0.302. The van der Waals surface area contributed by atoms with Crippen LogP contribution in [-0.2, 0) is 0 Å². The highest BCUT2D eigenvalue weighted by molar-refractivity contribution is 5.73. The van der Waals surface area contributed by atoms with Crippen molar-refractivity contribution in [3.05, 3.63) is 41.7 Å². The van der Waals surface area contributed by atoms with E-state index in [2.05, 4.69) is 17.9 Å². The number of hydrogen-bond acceptors (Lipinski definition) is 1. The Labute approximate surface area is 95.6 Å². The zero-order chi connectivity index (χ0) is 11.1. The first kappa shape index (κ1) is 10.0. The smallest absolute Gasteiger partial charge is 0.130 e. The number of hydrogen-bond donors (Lipinski definition) is 0. The van der Waals surface area contributed by atoms with Crippen molar-refractivity contribution in [3.8, 4) is 0 Å². The average Bonchev–Trinajstić information content (AvgIpc) is 2.88. The summed E-state index contributed by atoms with van der Waals surface area (Å²) in [4.78, 5) is 2.45. The summed E-state index contributed by atoms with van der Waals surface area (Å²) >= 11 is 0. The normalized spacial score (nSPS) is 28.5. The third-order valence-corrected chi connectivity index (χ3v) is 3.80. The summed E-state index contributed by atoms with van der Waals surface area (Å²) in [6.07, 6.45) is 3.45. The van der Waals surface area contributed by atoms with E-state index in [1.807, 2.05) is 12.1 Å². The molecule has 0 N–H and O–H groups in total. The van der Waals surface area contributed by atoms with Crippen molar-refractivity contribution >= 4 is 5.57 Å². The number of nitrogens with zero attached hydrogens (tertiary/aromatic N) is 1. The molecule has 2 aliphatic rings. The summed E-state index contributed by atoms with van der Waals surface area (Å²) in [6.45, 7) is 4.39. The lowest BCUT2D eigenvalue weighted by Gasteiger charge is -2.27. The van der Waals surface area contributed by atoms with Gasteiger partial charge in [-0.2, -0.15) is 0 Å². The van der Waals surface area contributed by atoms with Crippen molar-refractivity contribution in [1.29, 1.82) is 0 Å². The van der Waals surface area contributed by atoms with Gasteiger partial charge in [0.1, 0.15) is 5.82 Å². The van der Waals surface area contributed by atoms with Gasteiger partial charge in [-0.3, -0.25) is 4.90 Å². The van der Waals surface area contributed by atoms with Gasteiger partial charge in [-0.1, -0.05) is 31.2 Å². The quantitative estimate of drug-likeness (QED) is 0.736. The molecule has 2 bridgehead atoms. The van der Waals surface area contributed by atoms with Crippen LogP contribution in [0, 0.1) is 11.7 Å². The van der Waals surface area contributed by atoms with Gasteiger partial charge in [0.15, 0.2) is 0 Å². The van der Waals surface area contributed by atoms with Crippen LogP contribution >= 0.6 is 0 Å². The van der Waals surface area contributed by atoms with Gasteiger partial charge in [0.05, 0.1) is 0 Å². The molecular weight excluding hydrogens is 201 g/mol. The van der Waals surface area contributed by atoms with Gasteiger partial charge in [-0.15, -0.1) is 0 Å². The van der Waals surface area contributed by atoms with Gasteiger partial charge in [-0.05, 0) is 30.5 Å². The zero-order valence-electron chi connectivity index (χ0n) is 9.49.